The van der Waals surface area contributed by atoms with Crippen molar-refractivity contribution in [2.24, 2.45) is 0 Å². The second-order valence-corrected chi connectivity index (χ2v) is 6.36. The number of halogens is 4. The average molecular weight is 365 g/mol. The van der Waals surface area contributed by atoms with Crippen LogP contribution in [0.4, 0.5) is 23.4 Å². The van der Waals surface area contributed by atoms with E-state index in [2.05, 4.69) is 19.9 Å². The van der Waals surface area contributed by atoms with Crippen LogP contribution in [0.1, 0.15) is 5.56 Å². The minimum Gasteiger partial charge on any atom is -0.352 e. The third-order valence-electron chi connectivity index (χ3n) is 4.63. The molecule has 0 bridgehead atoms. The summed E-state index contributed by atoms with van der Waals surface area (Å²) in [5.41, 5.74) is -0.687. The lowest BCUT2D eigenvalue weighted by Crippen LogP contribution is -2.45. The van der Waals surface area contributed by atoms with Gasteiger partial charge in [0.1, 0.15) is 17.7 Å². The molecule has 5 nitrogen and oxygen atoms in total. The third kappa shape index (κ3) is 2.82. The third-order valence-corrected chi connectivity index (χ3v) is 4.63. The quantitative estimate of drug-likeness (QED) is 0.490. The molecule has 3 aromatic rings. The number of hydrogen-bond acceptors (Lipinski definition) is 5. The molecule has 1 aliphatic heterocycles. The molecule has 1 aromatic carbocycles. The van der Waals surface area contributed by atoms with Crippen molar-refractivity contribution in [1.82, 2.24) is 19.9 Å². The fourth-order valence-corrected chi connectivity index (χ4v) is 3.20. The second-order valence-electron chi connectivity index (χ2n) is 6.36. The van der Waals surface area contributed by atoms with Crippen molar-refractivity contribution in [1.29, 1.82) is 0 Å². The molecule has 1 aliphatic rings. The second kappa shape index (κ2) is 6.01. The highest BCUT2D eigenvalue weighted by Crippen LogP contribution is 2.37. The lowest BCUT2D eigenvalue weighted by Gasteiger charge is -2.33. The number of alkyl halides is 3. The number of aromatic nitrogens is 3. The fraction of sp³-hybridized carbons (Fsp3) is 0.353. The van der Waals surface area contributed by atoms with Gasteiger partial charge in [0.25, 0.3) is 0 Å². The normalized spacial score (nSPS) is 16.6. The molecule has 0 atom stereocenters. The van der Waals surface area contributed by atoms with Crippen molar-refractivity contribution >= 4 is 27.6 Å². The molecule has 0 spiro atoms. The van der Waals surface area contributed by atoms with Gasteiger partial charge in [-0.15, -0.1) is 0 Å². The number of likely N-dealkylation sites (N-methyl/N-ethyl adjacent to an activating group) is 1. The van der Waals surface area contributed by atoms with Gasteiger partial charge < -0.3 is 9.80 Å². The largest absolute Gasteiger partial charge is 0.419 e. The van der Waals surface area contributed by atoms with E-state index >= 15 is 0 Å². The Labute approximate surface area is 146 Å². The van der Waals surface area contributed by atoms with Gasteiger partial charge in [-0.3, -0.25) is 0 Å². The Morgan fingerprint density at radius 2 is 1.77 bits per heavy atom. The first kappa shape index (κ1) is 16.9. The Kier molecular flexibility index (Phi) is 3.91. The van der Waals surface area contributed by atoms with Crippen LogP contribution in [0, 0.1) is 5.82 Å². The molecule has 9 heteroatoms. The molecule has 0 amide bonds. The van der Waals surface area contributed by atoms with Crippen LogP contribution < -0.4 is 4.90 Å². The van der Waals surface area contributed by atoms with Crippen molar-refractivity contribution in [3.05, 3.63) is 36.0 Å². The Morgan fingerprint density at radius 3 is 2.46 bits per heavy atom. The van der Waals surface area contributed by atoms with Crippen LogP contribution in [0.5, 0.6) is 0 Å². The minimum absolute atomic E-state index is 0.159. The van der Waals surface area contributed by atoms with Crippen LogP contribution in [-0.2, 0) is 6.18 Å². The summed E-state index contributed by atoms with van der Waals surface area (Å²) in [7, 11) is 2.01. The van der Waals surface area contributed by atoms with Crippen LogP contribution in [0.15, 0.2) is 24.7 Å². The van der Waals surface area contributed by atoms with Gasteiger partial charge in [0.15, 0.2) is 5.82 Å². The van der Waals surface area contributed by atoms with Crippen LogP contribution in [-0.4, -0.2) is 53.1 Å². The van der Waals surface area contributed by atoms with Gasteiger partial charge in [0.05, 0.1) is 11.1 Å². The minimum atomic E-state index is -4.78. The summed E-state index contributed by atoms with van der Waals surface area (Å²) in [6, 6.07) is 1.63. The van der Waals surface area contributed by atoms with Crippen LogP contribution >= 0.6 is 0 Å². The Hall–Kier alpha value is -2.55. The highest BCUT2D eigenvalue weighted by Gasteiger charge is 2.35. The van der Waals surface area contributed by atoms with Gasteiger partial charge in [-0.2, -0.15) is 13.2 Å². The van der Waals surface area contributed by atoms with Gasteiger partial charge in [-0.1, -0.05) is 0 Å². The molecule has 3 heterocycles. The number of hydrogen-bond donors (Lipinski definition) is 0. The lowest BCUT2D eigenvalue weighted by molar-refractivity contribution is -0.139. The van der Waals surface area contributed by atoms with E-state index in [1.54, 1.807) is 0 Å². The summed E-state index contributed by atoms with van der Waals surface area (Å²) in [6.07, 6.45) is -2.00. The Balaban J connectivity index is 1.97. The highest BCUT2D eigenvalue weighted by molar-refractivity contribution is 6.08. The highest BCUT2D eigenvalue weighted by atomic mass is 19.4. The van der Waals surface area contributed by atoms with E-state index in [1.165, 1.54) is 12.5 Å². The van der Waals surface area contributed by atoms with Crippen molar-refractivity contribution in [3.8, 4) is 0 Å². The smallest absolute Gasteiger partial charge is 0.352 e. The first-order valence-corrected chi connectivity index (χ1v) is 8.08. The zero-order valence-corrected chi connectivity index (χ0v) is 13.9. The Bertz CT molecular complexity index is 980. The molecule has 0 saturated carbocycles. The van der Waals surface area contributed by atoms with E-state index in [0.717, 1.165) is 25.2 Å². The maximum Gasteiger partial charge on any atom is 0.419 e. The molecule has 0 aliphatic carbocycles. The van der Waals surface area contributed by atoms with E-state index in [0.29, 0.717) is 29.8 Å². The summed E-state index contributed by atoms with van der Waals surface area (Å²) in [6.45, 7) is 3.07. The van der Waals surface area contributed by atoms with Crippen LogP contribution in [0.3, 0.4) is 0 Å². The van der Waals surface area contributed by atoms with Crippen LogP contribution in [0.2, 0.25) is 0 Å². The number of benzene rings is 1. The standard InChI is InChI=1S/C17H15F4N5/c1-25-2-4-26(5-3-25)16-15-11(8-22-9-23-15)10-6-12(17(19,20)21)13(18)7-14(10)24-16/h6-9H,2-5H2,1H3. The van der Waals surface area contributed by atoms with Gasteiger partial charge in [-0.25, -0.2) is 19.3 Å². The fourth-order valence-electron chi connectivity index (χ4n) is 3.20. The molecule has 1 fully saturated rings. The zero-order valence-electron chi connectivity index (χ0n) is 13.9. The molecule has 0 unspecified atom stereocenters. The topological polar surface area (TPSA) is 45.2 Å². The zero-order chi connectivity index (χ0) is 18.5. The van der Waals surface area contributed by atoms with Gasteiger partial charge >= 0.3 is 6.18 Å². The van der Waals surface area contributed by atoms with Crippen molar-refractivity contribution in [3.63, 3.8) is 0 Å². The molecule has 0 radical (unpaired) electrons. The molecular formula is C17H15F4N5. The van der Waals surface area contributed by atoms with E-state index in [9.17, 15) is 17.6 Å². The van der Waals surface area contributed by atoms with Gasteiger partial charge in [0, 0.05) is 49.2 Å². The lowest BCUT2D eigenvalue weighted by atomic mass is 10.1. The first-order chi connectivity index (χ1) is 12.3. The molecule has 4 rings (SSSR count). The maximum atomic E-state index is 14.0. The molecule has 0 N–H and O–H groups in total. The molecule has 1 saturated heterocycles. The maximum absolute atomic E-state index is 14.0. The molecule has 2 aromatic heterocycles. The monoisotopic (exact) mass is 365 g/mol. The number of fused-ring (bicyclic) bond motifs is 3. The summed E-state index contributed by atoms with van der Waals surface area (Å²) < 4.78 is 53.3. The van der Waals surface area contributed by atoms with Gasteiger partial charge in [-0.05, 0) is 13.1 Å². The molecule has 26 heavy (non-hydrogen) atoms. The van der Waals surface area contributed by atoms with E-state index in [4.69, 9.17) is 0 Å². The van der Waals surface area contributed by atoms with Crippen molar-refractivity contribution in [2.75, 3.05) is 38.1 Å². The summed E-state index contributed by atoms with van der Waals surface area (Å²) in [4.78, 5) is 16.8. The summed E-state index contributed by atoms with van der Waals surface area (Å²) in [5.74, 6) is -0.791. The average Bonchev–Trinajstić information content (AvgIpc) is 2.60. The predicted molar refractivity (Wildman–Crippen MR) is 89.5 cm³/mol. The molecular weight excluding hydrogens is 350 g/mol. The number of pyridine rings is 1. The first-order valence-electron chi connectivity index (χ1n) is 8.08. The van der Waals surface area contributed by atoms with E-state index in [1.807, 2.05) is 11.9 Å². The number of nitrogens with zero attached hydrogens (tertiary/aromatic N) is 5. The SMILES string of the molecule is CN1CCN(c2nc3cc(F)c(C(F)(F)F)cc3c3cncnc23)CC1. The summed E-state index contributed by atoms with van der Waals surface area (Å²) >= 11 is 0. The van der Waals surface area contributed by atoms with Gasteiger partial charge in [0.2, 0.25) is 0 Å². The van der Waals surface area contributed by atoms with Crippen molar-refractivity contribution in [2.45, 2.75) is 6.18 Å². The predicted octanol–water partition coefficient (Wildman–Crippen LogP) is 3.09. The Morgan fingerprint density at radius 1 is 1.04 bits per heavy atom. The number of rotatable bonds is 1. The van der Waals surface area contributed by atoms with Crippen LogP contribution in [0.25, 0.3) is 21.8 Å². The van der Waals surface area contributed by atoms with E-state index in [-0.39, 0.29) is 10.9 Å². The van der Waals surface area contributed by atoms with E-state index < -0.39 is 17.6 Å². The number of anilines is 1. The number of piperazine rings is 1. The van der Waals surface area contributed by atoms with Crippen molar-refractivity contribution < 1.29 is 17.6 Å². The summed E-state index contributed by atoms with van der Waals surface area (Å²) in [5, 5.41) is 0.615. The molecule has 136 valence electrons.